The van der Waals surface area contributed by atoms with E-state index in [4.69, 9.17) is 0 Å². The number of hydrogen-bond donors (Lipinski definition) is 1. The Morgan fingerprint density at radius 3 is 3.00 bits per heavy atom. The van der Waals surface area contributed by atoms with Gasteiger partial charge in [0.25, 0.3) is 0 Å². The zero-order valence-electron chi connectivity index (χ0n) is 8.29. The van der Waals surface area contributed by atoms with E-state index in [1.807, 2.05) is 30.1 Å². The van der Waals surface area contributed by atoms with E-state index >= 15 is 0 Å². The fourth-order valence-electron chi connectivity index (χ4n) is 1.82. The third-order valence-corrected chi connectivity index (χ3v) is 2.61. The van der Waals surface area contributed by atoms with E-state index in [2.05, 4.69) is 11.9 Å². The first-order valence-electron chi connectivity index (χ1n) is 4.77. The maximum atomic E-state index is 11.6. The van der Waals surface area contributed by atoms with Gasteiger partial charge in [-0.05, 0) is 24.5 Å². The van der Waals surface area contributed by atoms with Crippen LogP contribution in [0.2, 0.25) is 0 Å². The van der Waals surface area contributed by atoms with Crippen LogP contribution in [0, 0.1) is 0 Å². The van der Waals surface area contributed by atoms with Crippen molar-refractivity contribution >= 4 is 5.91 Å². The van der Waals surface area contributed by atoms with E-state index < -0.39 is 0 Å². The summed E-state index contributed by atoms with van der Waals surface area (Å²) in [4.78, 5) is 11.6. The standard InChI is InChI=1S/C11H14N2O/c1-8-3-4-10(11(14)12-8)9-5-6-13(2)7-9/h5-7,10H,1,3-4H2,2H3,(H,12,14). The molecule has 14 heavy (non-hydrogen) atoms. The van der Waals surface area contributed by atoms with Gasteiger partial charge in [0.2, 0.25) is 5.91 Å². The first-order chi connectivity index (χ1) is 6.66. The highest BCUT2D eigenvalue weighted by atomic mass is 16.1. The van der Waals surface area contributed by atoms with Gasteiger partial charge in [-0.25, -0.2) is 0 Å². The first kappa shape index (κ1) is 9.06. The first-order valence-corrected chi connectivity index (χ1v) is 4.77. The Hall–Kier alpha value is -1.51. The zero-order valence-corrected chi connectivity index (χ0v) is 8.29. The molecule has 74 valence electrons. The van der Waals surface area contributed by atoms with E-state index in [1.54, 1.807) is 0 Å². The molecule has 1 fully saturated rings. The fraction of sp³-hybridized carbons (Fsp3) is 0.364. The maximum Gasteiger partial charge on any atom is 0.231 e. The molecule has 1 N–H and O–H groups in total. The van der Waals surface area contributed by atoms with Crippen molar-refractivity contribution in [1.29, 1.82) is 0 Å². The number of carbonyl (C=O) groups is 1. The summed E-state index contributed by atoms with van der Waals surface area (Å²) < 4.78 is 1.96. The highest BCUT2D eigenvalue weighted by Crippen LogP contribution is 2.26. The average molecular weight is 190 g/mol. The third kappa shape index (κ3) is 1.58. The monoisotopic (exact) mass is 190 g/mol. The minimum Gasteiger partial charge on any atom is -0.357 e. The zero-order chi connectivity index (χ0) is 10.1. The predicted octanol–water partition coefficient (Wildman–Crippen LogP) is 1.53. The molecule has 2 rings (SSSR count). The van der Waals surface area contributed by atoms with E-state index in [0.29, 0.717) is 0 Å². The summed E-state index contributed by atoms with van der Waals surface area (Å²) in [6.07, 6.45) is 5.71. The van der Waals surface area contributed by atoms with Crippen molar-refractivity contribution in [3.05, 3.63) is 36.3 Å². The highest BCUT2D eigenvalue weighted by Gasteiger charge is 2.25. The molecule has 1 unspecified atom stereocenters. The lowest BCUT2D eigenvalue weighted by Crippen LogP contribution is -2.32. The van der Waals surface area contributed by atoms with E-state index in [1.165, 1.54) is 0 Å². The van der Waals surface area contributed by atoms with Crippen LogP contribution in [0.25, 0.3) is 0 Å². The number of hydrogen-bond acceptors (Lipinski definition) is 1. The summed E-state index contributed by atoms with van der Waals surface area (Å²) >= 11 is 0. The molecular weight excluding hydrogens is 176 g/mol. The molecule has 0 aromatic carbocycles. The summed E-state index contributed by atoms with van der Waals surface area (Å²) in [5.41, 5.74) is 1.93. The highest BCUT2D eigenvalue weighted by molar-refractivity contribution is 5.85. The van der Waals surface area contributed by atoms with Crippen molar-refractivity contribution in [3.63, 3.8) is 0 Å². The topological polar surface area (TPSA) is 34.0 Å². The van der Waals surface area contributed by atoms with Crippen LogP contribution < -0.4 is 5.32 Å². The van der Waals surface area contributed by atoms with Gasteiger partial charge in [0.05, 0.1) is 5.92 Å². The van der Waals surface area contributed by atoms with Crippen LogP contribution in [-0.2, 0) is 11.8 Å². The largest absolute Gasteiger partial charge is 0.357 e. The van der Waals surface area contributed by atoms with Crippen LogP contribution in [-0.4, -0.2) is 10.5 Å². The molecule has 1 aromatic rings. The molecule has 1 atom stereocenters. The Labute approximate surface area is 83.4 Å². The number of rotatable bonds is 1. The molecule has 1 aliphatic heterocycles. The summed E-state index contributed by atoms with van der Waals surface area (Å²) in [6, 6.07) is 2.00. The van der Waals surface area contributed by atoms with Gasteiger partial charge in [-0.1, -0.05) is 6.58 Å². The van der Waals surface area contributed by atoms with Crippen LogP contribution in [0.4, 0.5) is 0 Å². The Bertz CT molecular complexity index is 378. The second-order valence-corrected chi connectivity index (χ2v) is 3.79. The van der Waals surface area contributed by atoms with Crippen molar-refractivity contribution in [2.75, 3.05) is 0 Å². The second kappa shape index (κ2) is 3.33. The molecule has 0 aliphatic carbocycles. The minimum atomic E-state index is 0.00157. The van der Waals surface area contributed by atoms with E-state index in [-0.39, 0.29) is 11.8 Å². The number of piperidine rings is 1. The molecule has 0 spiro atoms. The average Bonchev–Trinajstić information content (AvgIpc) is 2.51. The van der Waals surface area contributed by atoms with Gasteiger partial charge in [-0.15, -0.1) is 0 Å². The normalized spacial score (nSPS) is 22.2. The van der Waals surface area contributed by atoms with Crippen LogP contribution in [0.15, 0.2) is 30.7 Å². The molecule has 1 aliphatic rings. The van der Waals surface area contributed by atoms with Gasteiger partial charge in [-0.2, -0.15) is 0 Å². The van der Waals surface area contributed by atoms with Crippen molar-refractivity contribution in [2.45, 2.75) is 18.8 Å². The van der Waals surface area contributed by atoms with Crippen molar-refractivity contribution < 1.29 is 4.79 Å². The Kier molecular flexibility index (Phi) is 2.15. The molecule has 0 saturated carbocycles. The molecular formula is C11H14N2O. The number of carbonyl (C=O) groups excluding carboxylic acids is 1. The van der Waals surface area contributed by atoms with Crippen molar-refractivity contribution in [3.8, 4) is 0 Å². The number of allylic oxidation sites excluding steroid dienone is 1. The Morgan fingerprint density at radius 2 is 2.43 bits per heavy atom. The molecule has 1 aromatic heterocycles. The molecule has 1 amide bonds. The maximum absolute atomic E-state index is 11.6. The van der Waals surface area contributed by atoms with Crippen LogP contribution >= 0.6 is 0 Å². The van der Waals surface area contributed by atoms with Crippen LogP contribution in [0.5, 0.6) is 0 Å². The van der Waals surface area contributed by atoms with Crippen molar-refractivity contribution in [2.24, 2.45) is 7.05 Å². The van der Waals surface area contributed by atoms with Crippen molar-refractivity contribution in [1.82, 2.24) is 9.88 Å². The summed E-state index contributed by atoms with van der Waals surface area (Å²) in [6.45, 7) is 3.76. The lowest BCUT2D eigenvalue weighted by Gasteiger charge is -2.22. The SMILES string of the molecule is C=C1CCC(c2ccn(C)c2)C(=O)N1. The number of aromatic nitrogens is 1. The fourth-order valence-corrected chi connectivity index (χ4v) is 1.82. The van der Waals surface area contributed by atoms with Crippen LogP contribution in [0.3, 0.4) is 0 Å². The Morgan fingerprint density at radius 1 is 1.64 bits per heavy atom. The van der Waals surface area contributed by atoms with Gasteiger partial charge in [0.15, 0.2) is 0 Å². The smallest absolute Gasteiger partial charge is 0.231 e. The molecule has 1 saturated heterocycles. The van der Waals surface area contributed by atoms with Gasteiger partial charge in [0, 0.05) is 25.1 Å². The molecule has 0 bridgehead atoms. The molecule has 3 heteroatoms. The van der Waals surface area contributed by atoms with Gasteiger partial charge in [0.1, 0.15) is 0 Å². The van der Waals surface area contributed by atoms with Gasteiger partial charge >= 0.3 is 0 Å². The third-order valence-electron chi connectivity index (χ3n) is 2.61. The molecule has 3 nitrogen and oxygen atoms in total. The minimum absolute atomic E-state index is 0.00157. The second-order valence-electron chi connectivity index (χ2n) is 3.79. The van der Waals surface area contributed by atoms with E-state index in [9.17, 15) is 4.79 Å². The molecule has 2 heterocycles. The number of aryl methyl sites for hydroxylation is 1. The number of nitrogens with one attached hydrogen (secondary N) is 1. The number of amides is 1. The van der Waals surface area contributed by atoms with Gasteiger partial charge in [-0.3, -0.25) is 4.79 Å². The predicted molar refractivity (Wildman–Crippen MR) is 54.7 cm³/mol. The summed E-state index contributed by atoms with van der Waals surface area (Å²) in [5, 5.41) is 2.79. The lowest BCUT2D eigenvalue weighted by molar-refractivity contribution is -0.122. The summed E-state index contributed by atoms with van der Waals surface area (Å²) in [5.74, 6) is 0.0779. The quantitative estimate of drug-likeness (QED) is 0.716. The van der Waals surface area contributed by atoms with Gasteiger partial charge < -0.3 is 9.88 Å². The van der Waals surface area contributed by atoms with Crippen LogP contribution in [0.1, 0.15) is 24.3 Å². The summed E-state index contributed by atoms with van der Waals surface area (Å²) in [7, 11) is 1.96. The Balaban J connectivity index is 2.19. The van der Waals surface area contributed by atoms with E-state index in [0.717, 1.165) is 24.1 Å². The number of nitrogens with zero attached hydrogens (tertiary/aromatic N) is 1. The lowest BCUT2D eigenvalue weighted by atomic mass is 9.92. The molecule has 0 radical (unpaired) electrons.